The second-order valence-electron chi connectivity index (χ2n) is 6.11. The van der Waals surface area contributed by atoms with Crippen LogP contribution in [0.1, 0.15) is 23.4 Å². The first-order valence-electron chi connectivity index (χ1n) is 8.30. The Kier molecular flexibility index (Phi) is 5.23. The standard InChI is InChI=1S/C18H23N3O4/c1-24-16-5-3-4-13(18(16)25-2)11-20-8-9-21-15(12-20)10-14(19-21)6-7-17(22)23/h3-5,10H,6-9,11-12H2,1-2H3,(H,22,23). The van der Waals surface area contributed by atoms with Crippen molar-refractivity contribution in [1.29, 1.82) is 0 Å². The van der Waals surface area contributed by atoms with Crippen LogP contribution in [0.2, 0.25) is 0 Å². The fourth-order valence-corrected chi connectivity index (χ4v) is 3.19. The predicted molar refractivity (Wildman–Crippen MR) is 91.8 cm³/mol. The fraction of sp³-hybridized carbons (Fsp3) is 0.444. The number of aliphatic carboxylic acids is 1. The van der Waals surface area contributed by atoms with Gasteiger partial charge in [0.2, 0.25) is 0 Å². The molecule has 25 heavy (non-hydrogen) atoms. The van der Waals surface area contributed by atoms with Gasteiger partial charge in [-0.2, -0.15) is 5.10 Å². The highest BCUT2D eigenvalue weighted by atomic mass is 16.5. The monoisotopic (exact) mass is 345 g/mol. The maximum Gasteiger partial charge on any atom is 0.303 e. The molecular formula is C18H23N3O4. The molecular weight excluding hydrogens is 322 g/mol. The van der Waals surface area contributed by atoms with Crippen molar-refractivity contribution in [3.8, 4) is 11.5 Å². The molecule has 0 unspecified atom stereocenters. The van der Waals surface area contributed by atoms with E-state index in [9.17, 15) is 4.79 Å². The molecule has 0 bridgehead atoms. The van der Waals surface area contributed by atoms with Gasteiger partial charge in [-0.25, -0.2) is 0 Å². The summed E-state index contributed by atoms with van der Waals surface area (Å²) in [5.41, 5.74) is 3.05. The number of para-hydroxylation sites is 1. The molecule has 2 heterocycles. The van der Waals surface area contributed by atoms with E-state index in [1.165, 1.54) is 0 Å². The molecule has 0 amide bonds. The van der Waals surface area contributed by atoms with Crippen molar-refractivity contribution in [3.05, 3.63) is 41.2 Å². The number of rotatable bonds is 7. The number of carboxylic acids is 1. The van der Waals surface area contributed by atoms with Crippen LogP contribution in [-0.4, -0.2) is 46.5 Å². The molecule has 1 N–H and O–H groups in total. The van der Waals surface area contributed by atoms with Gasteiger partial charge in [0.05, 0.1) is 38.6 Å². The van der Waals surface area contributed by atoms with E-state index >= 15 is 0 Å². The zero-order valence-electron chi connectivity index (χ0n) is 14.6. The molecule has 0 spiro atoms. The summed E-state index contributed by atoms with van der Waals surface area (Å²) in [7, 11) is 3.29. The van der Waals surface area contributed by atoms with Gasteiger partial charge >= 0.3 is 5.97 Å². The molecule has 3 rings (SSSR count). The van der Waals surface area contributed by atoms with Crippen molar-refractivity contribution in [3.63, 3.8) is 0 Å². The number of carboxylic acid groups (broad SMARTS) is 1. The van der Waals surface area contributed by atoms with E-state index in [1.54, 1.807) is 14.2 Å². The number of benzene rings is 1. The Labute approximate surface area is 146 Å². The fourth-order valence-electron chi connectivity index (χ4n) is 3.19. The summed E-state index contributed by atoms with van der Waals surface area (Å²) in [5.74, 6) is 0.710. The maximum absolute atomic E-state index is 10.7. The van der Waals surface area contributed by atoms with Crippen LogP contribution < -0.4 is 9.47 Å². The highest BCUT2D eigenvalue weighted by Gasteiger charge is 2.20. The van der Waals surface area contributed by atoms with Gasteiger partial charge < -0.3 is 14.6 Å². The third-order valence-electron chi connectivity index (χ3n) is 4.40. The summed E-state index contributed by atoms with van der Waals surface area (Å²) in [6.45, 7) is 3.22. The van der Waals surface area contributed by atoms with E-state index in [1.807, 2.05) is 28.9 Å². The first-order valence-corrected chi connectivity index (χ1v) is 8.30. The average Bonchev–Trinajstić information content (AvgIpc) is 3.02. The number of aryl methyl sites for hydroxylation is 1. The second kappa shape index (κ2) is 7.57. The van der Waals surface area contributed by atoms with Crippen molar-refractivity contribution in [2.24, 2.45) is 0 Å². The summed E-state index contributed by atoms with van der Waals surface area (Å²) in [6.07, 6.45) is 0.584. The Hall–Kier alpha value is -2.54. The molecule has 0 saturated heterocycles. The molecule has 134 valence electrons. The lowest BCUT2D eigenvalue weighted by atomic mass is 10.1. The van der Waals surface area contributed by atoms with Gasteiger partial charge in [-0.05, 0) is 12.1 Å². The third kappa shape index (κ3) is 3.93. The predicted octanol–water partition coefficient (Wildman–Crippen LogP) is 1.93. The summed E-state index contributed by atoms with van der Waals surface area (Å²) >= 11 is 0. The molecule has 1 aliphatic heterocycles. The van der Waals surface area contributed by atoms with Gasteiger partial charge in [0.25, 0.3) is 0 Å². The van der Waals surface area contributed by atoms with Gasteiger partial charge in [0, 0.05) is 31.6 Å². The van der Waals surface area contributed by atoms with Gasteiger partial charge in [0.15, 0.2) is 11.5 Å². The number of aromatic nitrogens is 2. The van der Waals surface area contributed by atoms with Gasteiger partial charge in [-0.15, -0.1) is 0 Å². The Morgan fingerprint density at radius 1 is 1.28 bits per heavy atom. The molecule has 2 aromatic rings. The SMILES string of the molecule is COc1cccc(CN2CCn3nc(CCC(=O)O)cc3C2)c1OC. The Morgan fingerprint density at radius 2 is 2.12 bits per heavy atom. The van der Waals surface area contributed by atoms with E-state index in [2.05, 4.69) is 10.00 Å². The van der Waals surface area contributed by atoms with Crippen molar-refractivity contribution in [2.45, 2.75) is 32.5 Å². The van der Waals surface area contributed by atoms with Crippen molar-refractivity contribution in [1.82, 2.24) is 14.7 Å². The summed E-state index contributed by atoms with van der Waals surface area (Å²) in [4.78, 5) is 13.0. The molecule has 7 heteroatoms. The molecule has 0 fully saturated rings. The van der Waals surface area contributed by atoms with Crippen LogP contribution in [0.4, 0.5) is 0 Å². The summed E-state index contributed by atoms with van der Waals surface area (Å²) < 4.78 is 12.9. The molecule has 0 radical (unpaired) electrons. The smallest absolute Gasteiger partial charge is 0.303 e. The minimum atomic E-state index is -0.794. The number of hydrogen-bond donors (Lipinski definition) is 1. The number of hydrogen-bond acceptors (Lipinski definition) is 5. The Morgan fingerprint density at radius 3 is 2.84 bits per heavy atom. The number of methoxy groups -OCH3 is 2. The van der Waals surface area contributed by atoms with Crippen LogP contribution in [-0.2, 0) is 30.8 Å². The largest absolute Gasteiger partial charge is 0.493 e. The Balaban J connectivity index is 1.70. The number of fused-ring (bicyclic) bond motifs is 1. The second-order valence-corrected chi connectivity index (χ2v) is 6.11. The van der Waals surface area contributed by atoms with Crippen LogP contribution in [0.15, 0.2) is 24.3 Å². The third-order valence-corrected chi connectivity index (χ3v) is 4.40. The first kappa shape index (κ1) is 17.3. The van der Waals surface area contributed by atoms with Crippen LogP contribution in [0, 0.1) is 0 Å². The molecule has 1 aromatic carbocycles. The van der Waals surface area contributed by atoms with Gasteiger partial charge in [0.1, 0.15) is 0 Å². The van der Waals surface area contributed by atoms with Gasteiger partial charge in [-0.1, -0.05) is 12.1 Å². The minimum Gasteiger partial charge on any atom is -0.493 e. The lowest BCUT2D eigenvalue weighted by molar-refractivity contribution is -0.136. The lowest BCUT2D eigenvalue weighted by Gasteiger charge is -2.28. The first-order chi connectivity index (χ1) is 12.1. The minimum absolute atomic E-state index is 0.112. The quantitative estimate of drug-likeness (QED) is 0.826. The van der Waals surface area contributed by atoms with E-state index in [0.717, 1.165) is 54.6 Å². The zero-order chi connectivity index (χ0) is 17.8. The molecule has 1 aromatic heterocycles. The van der Waals surface area contributed by atoms with Crippen molar-refractivity contribution < 1.29 is 19.4 Å². The molecule has 7 nitrogen and oxygen atoms in total. The number of ether oxygens (including phenoxy) is 2. The van der Waals surface area contributed by atoms with Crippen molar-refractivity contribution in [2.75, 3.05) is 20.8 Å². The van der Waals surface area contributed by atoms with E-state index in [0.29, 0.717) is 6.42 Å². The topological polar surface area (TPSA) is 76.8 Å². The van der Waals surface area contributed by atoms with Crippen LogP contribution >= 0.6 is 0 Å². The van der Waals surface area contributed by atoms with Crippen LogP contribution in [0.25, 0.3) is 0 Å². The van der Waals surface area contributed by atoms with E-state index in [4.69, 9.17) is 14.6 Å². The lowest BCUT2D eigenvalue weighted by Crippen LogP contribution is -2.33. The number of nitrogens with zero attached hydrogens (tertiary/aromatic N) is 3. The molecule has 1 aliphatic rings. The molecule has 0 saturated carbocycles. The Bertz CT molecular complexity index is 757. The summed E-state index contributed by atoms with van der Waals surface area (Å²) in [5, 5.41) is 13.3. The highest BCUT2D eigenvalue weighted by molar-refractivity contribution is 5.66. The van der Waals surface area contributed by atoms with E-state index in [-0.39, 0.29) is 6.42 Å². The highest BCUT2D eigenvalue weighted by Crippen LogP contribution is 2.32. The molecule has 0 aliphatic carbocycles. The summed E-state index contributed by atoms with van der Waals surface area (Å²) in [6, 6.07) is 7.92. The van der Waals surface area contributed by atoms with Gasteiger partial charge in [-0.3, -0.25) is 14.4 Å². The zero-order valence-corrected chi connectivity index (χ0v) is 14.6. The van der Waals surface area contributed by atoms with Crippen molar-refractivity contribution >= 4 is 5.97 Å². The maximum atomic E-state index is 10.7. The van der Waals surface area contributed by atoms with E-state index < -0.39 is 5.97 Å². The van der Waals surface area contributed by atoms with Crippen LogP contribution in [0.5, 0.6) is 11.5 Å². The average molecular weight is 345 g/mol. The molecule has 0 atom stereocenters. The normalized spacial score (nSPS) is 14.2. The number of carbonyl (C=O) groups is 1. The van der Waals surface area contributed by atoms with Crippen LogP contribution in [0.3, 0.4) is 0 Å².